The molecule has 0 saturated heterocycles. The third-order valence-corrected chi connectivity index (χ3v) is 5.55. The standard InChI is InChI=1S/C20H23N7OS/c1-2-26-19(17-12-9-14-28-17)22-23-20(26)29-15-8-4-7-13-27-24-18(21-25-27)16-10-5-3-6-11-16/h3,5-6,9-12,14H,2,4,7-8,13,15H2,1H3. The van der Waals surface area contributed by atoms with Crippen LogP contribution in [0.5, 0.6) is 0 Å². The van der Waals surface area contributed by atoms with Crippen molar-refractivity contribution >= 4 is 11.8 Å². The van der Waals surface area contributed by atoms with E-state index in [1.807, 2.05) is 42.5 Å². The molecule has 1 aromatic carbocycles. The number of aromatic nitrogens is 7. The summed E-state index contributed by atoms with van der Waals surface area (Å²) in [7, 11) is 0. The van der Waals surface area contributed by atoms with Gasteiger partial charge in [-0.3, -0.25) is 4.57 Å². The summed E-state index contributed by atoms with van der Waals surface area (Å²) < 4.78 is 7.54. The maximum Gasteiger partial charge on any atom is 0.204 e. The highest BCUT2D eigenvalue weighted by molar-refractivity contribution is 7.99. The number of nitrogens with zero attached hydrogens (tertiary/aromatic N) is 7. The summed E-state index contributed by atoms with van der Waals surface area (Å²) in [5.74, 6) is 3.20. The van der Waals surface area contributed by atoms with Gasteiger partial charge in [0.2, 0.25) is 5.82 Å². The van der Waals surface area contributed by atoms with Crippen LogP contribution in [0.1, 0.15) is 26.2 Å². The fourth-order valence-electron chi connectivity index (χ4n) is 3.00. The molecule has 4 rings (SSSR count). The van der Waals surface area contributed by atoms with Crippen molar-refractivity contribution < 1.29 is 4.42 Å². The topological polar surface area (TPSA) is 87.5 Å². The monoisotopic (exact) mass is 409 g/mol. The summed E-state index contributed by atoms with van der Waals surface area (Å²) in [4.78, 5) is 1.68. The van der Waals surface area contributed by atoms with Crippen LogP contribution in [0, 0.1) is 0 Å². The summed E-state index contributed by atoms with van der Waals surface area (Å²) in [6, 6.07) is 13.7. The molecular formula is C20H23N7OS. The van der Waals surface area contributed by atoms with E-state index in [1.165, 1.54) is 0 Å². The Kier molecular flexibility index (Phi) is 6.35. The van der Waals surface area contributed by atoms with Crippen molar-refractivity contribution in [3.05, 3.63) is 48.7 Å². The zero-order valence-electron chi connectivity index (χ0n) is 16.3. The van der Waals surface area contributed by atoms with Gasteiger partial charge in [0.25, 0.3) is 0 Å². The van der Waals surface area contributed by atoms with Gasteiger partial charge in [-0.25, -0.2) is 0 Å². The molecule has 0 bridgehead atoms. The Morgan fingerprint density at radius 2 is 1.86 bits per heavy atom. The van der Waals surface area contributed by atoms with E-state index in [2.05, 4.69) is 37.1 Å². The summed E-state index contributed by atoms with van der Waals surface area (Å²) in [6.45, 7) is 3.68. The van der Waals surface area contributed by atoms with Crippen LogP contribution < -0.4 is 0 Å². The van der Waals surface area contributed by atoms with Crippen LogP contribution in [0.4, 0.5) is 0 Å². The Morgan fingerprint density at radius 3 is 2.66 bits per heavy atom. The third kappa shape index (κ3) is 4.73. The maximum atomic E-state index is 5.45. The lowest BCUT2D eigenvalue weighted by Gasteiger charge is -2.05. The first-order chi connectivity index (χ1) is 14.3. The highest BCUT2D eigenvalue weighted by Crippen LogP contribution is 2.25. The van der Waals surface area contributed by atoms with Crippen LogP contribution >= 0.6 is 11.8 Å². The smallest absolute Gasteiger partial charge is 0.204 e. The molecule has 0 spiro atoms. The molecule has 3 aromatic heterocycles. The number of furan rings is 1. The van der Waals surface area contributed by atoms with Gasteiger partial charge in [0.15, 0.2) is 16.7 Å². The second kappa shape index (κ2) is 9.51. The Balaban J connectivity index is 1.21. The fraction of sp³-hybridized carbons (Fsp3) is 0.350. The van der Waals surface area contributed by atoms with E-state index in [9.17, 15) is 0 Å². The van der Waals surface area contributed by atoms with Crippen molar-refractivity contribution in [1.82, 2.24) is 35.0 Å². The molecule has 150 valence electrons. The summed E-state index contributed by atoms with van der Waals surface area (Å²) in [5, 5.41) is 22.3. The van der Waals surface area contributed by atoms with Crippen LogP contribution in [0.2, 0.25) is 0 Å². The van der Waals surface area contributed by atoms with Gasteiger partial charge in [-0.05, 0) is 37.1 Å². The molecule has 0 atom stereocenters. The number of benzene rings is 1. The first kappa shape index (κ1) is 19.4. The average molecular weight is 410 g/mol. The number of rotatable bonds is 10. The Hall–Kier alpha value is -2.94. The fourth-order valence-corrected chi connectivity index (χ4v) is 4.01. The van der Waals surface area contributed by atoms with Crippen molar-refractivity contribution in [2.75, 3.05) is 5.75 Å². The third-order valence-electron chi connectivity index (χ3n) is 4.49. The van der Waals surface area contributed by atoms with Crippen molar-refractivity contribution in [1.29, 1.82) is 0 Å². The molecule has 0 aliphatic rings. The van der Waals surface area contributed by atoms with Gasteiger partial charge in [-0.15, -0.1) is 20.4 Å². The van der Waals surface area contributed by atoms with Crippen LogP contribution in [0.25, 0.3) is 23.0 Å². The summed E-state index contributed by atoms with van der Waals surface area (Å²) in [5.41, 5.74) is 0.990. The van der Waals surface area contributed by atoms with E-state index in [0.29, 0.717) is 5.82 Å². The summed E-state index contributed by atoms with van der Waals surface area (Å²) in [6.07, 6.45) is 4.87. The predicted octanol–water partition coefficient (Wildman–Crippen LogP) is 4.17. The second-order valence-corrected chi connectivity index (χ2v) is 7.57. The highest BCUT2D eigenvalue weighted by Gasteiger charge is 2.14. The first-order valence-corrected chi connectivity index (χ1v) is 10.8. The number of thioether (sulfide) groups is 1. The van der Waals surface area contributed by atoms with Crippen LogP contribution in [0.15, 0.2) is 58.3 Å². The van der Waals surface area contributed by atoms with Crippen molar-refractivity contribution in [2.24, 2.45) is 0 Å². The van der Waals surface area contributed by atoms with E-state index in [-0.39, 0.29) is 0 Å². The predicted molar refractivity (Wildman–Crippen MR) is 111 cm³/mol. The van der Waals surface area contributed by atoms with E-state index in [4.69, 9.17) is 4.42 Å². The molecule has 0 radical (unpaired) electrons. The van der Waals surface area contributed by atoms with Crippen LogP contribution in [-0.2, 0) is 13.1 Å². The lowest BCUT2D eigenvalue weighted by molar-refractivity contribution is 0.486. The second-order valence-electron chi connectivity index (χ2n) is 6.51. The number of tetrazole rings is 1. The molecule has 0 unspecified atom stereocenters. The molecular weight excluding hydrogens is 386 g/mol. The number of unbranched alkanes of at least 4 members (excludes halogenated alkanes) is 2. The molecule has 8 nitrogen and oxygen atoms in total. The minimum absolute atomic E-state index is 0.674. The van der Waals surface area contributed by atoms with Gasteiger partial charge in [-0.2, -0.15) is 4.80 Å². The molecule has 3 heterocycles. The Morgan fingerprint density at radius 1 is 0.966 bits per heavy atom. The van der Waals surface area contributed by atoms with Crippen LogP contribution in [0.3, 0.4) is 0 Å². The molecule has 29 heavy (non-hydrogen) atoms. The zero-order chi connectivity index (χ0) is 19.9. The first-order valence-electron chi connectivity index (χ1n) is 9.78. The average Bonchev–Trinajstić information content (AvgIpc) is 3.51. The van der Waals surface area contributed by atoms with E-state index < -0.39 is 0 Å². The number of aryl methyl sites for hydroxylation is 1. The van der Waals surface area contributed by atoms with Gasteiger partial charge in [-0.1, -0.05) is 48.5 Å². The Bertz CT molecular complexity index is 1010. The molecule has 0 aliphatic carbocycles. The van der Waals surface area contributed by atoms with Gasteiger partial charge >= 0.3 is 0 Å². The highest BCUT2D eigenvalue weighted by atomic mass is 32.2. The van der Waals surface area contributed by atoms with Crippen molar-refractivity contribution in [3.63, 3.8) is 0 Å². The van der Waals surface area contributed by atoms with E-state index >= 15 is 0 Å². The lowest BCUT2D eigenvalue weighted by atomic mass is 10.2. The van der Waals surface area contributed by atoms with Gasteiger partial charge < -0.3 is 4.42 Å². The lowest BCUT2D eigenvalue weighted by Crippen LogP contribution is -2.03. The molecule has 9 heteroatoms. The summed E-state index contributed by atoms with van der Waals surface area (Å²) >= 11 is 1.73. The minimum Gasteiger partial charge on any atom is -0.461 e. The molecule has 0 aliphatic heterocycles. The zero-order valence-corrected chi connectivity index (χ0v) is 17.1. The van der Waals surface area contributed by atoms with Gasteiger partial charge in [0.05, 0.1) is 12.8 Å². The SMILES string of the molecule is CCn1c(SCCCCCn2nnc(-c3ccccc3)n2)nnc1-c1ccco1. The van der Waals surface area contributed by atoms with Crippen molar-refractivity contribution in [2.45, 2.75) is 44.4 Å². The molecule has 0 fully saturated rings. The van der Waals surface area contributed by atoms with Gasteiger partial charge in [0.1, 0.15) is 0 Å². The van der Waals surface area contributed by atoms with Gasteiger partial charge in [0, 0.05) is 17.9 Å². The quantitative estimate of drug-likeness (QED) is 0.287. The normalized spacial score (nSPS) is 11.2. The van der Waals surface area contributed by atoms with E-state index in [1.54, 1.807) is 22.8 Å². The molecule has 4 aromatic rings. The Labute approximate surface area is 173 Å². The minimum atomic E-state index is 0.674. The van der Waals surface area contributed by atoms with E-state index in [0.717, 1.165) is 60.4 Å². The molecule has 0 amide bonds. The molecule has 0 saturated carbocycles. The number of hydrogen-bond acceptors (Lipinski definition) is 7. The van der Waals surface area contributed by atoms with Crippen LogP contribution in [-0.4, -0.2) is 40.7 Å². The van der Waals surface area contributed by atoms with Crippen molar-refractivity contribution in [3.8, 4) is 23.0 Å². The molecule has 0 N–H and O–H groups in total. The largest absolute Gasteiger partial charge is 0.461 e. The maximum absolute atomic E-state index is 5.45. The number of hydrogen-bond donors (Lipinski definition) is 0.